The summed E-state index contributed by atoms with van der Waals surface area (Å²) in [7, 11) is 1.25. The average molecular weight is 503 g/mol. The molecule has 3 aromatic rings. The summed E-state index contributed by atoms with van der Waals surface area (Å²) in [5, 5.41) is 3.74. The maximum Gasteiger partial charge on any atom is 0.416 e. The van der Waals surface area contributed by atoms with E-state index in [4.69, 9.17) is 10.5 Å². The van der Waals surface area contributed by atoms with Crippen molar-refractivity contribution < 1.29 is 27.5 Å². The third-order valence-corrected chi connectivity index (χ3v) is 6.56. The number of para-hydroxylation sites is 1. The molecule has 36 heavy (non-hydrogen) atoms. The van der Waals surface area contributed by atoms with Gasteiger partial charge in [0.25, 0.3) is 0 Å². The number of fused-ring (bicyclic) bond motifs is 3. The maximum atomic E-state index is 13.6. The normalized spacial score (nSPS) is 16.5. The zero-order valence-corrected chi connectivity index (χ0v) is 19.9. The molecule has 1 amide bonds. The van der Waals surface area contributed by atoms with Crippen molar-refractivity contribution in [3.05, 3.63) is 65.4 Å². The van der Waals surface area contributed by atoms with E-state index >= 15 is 0 Å². The van der Waals surface area contributed by atoms with Crippen LogP contribution in [0.1, 0.15) is 36.1 Å². The molecule has 0 fully saturated rings. The summed E-state index contributed by atoms with van der Waals surface area (Å²) >= 11 is 0. The lowest BCUT2D eigenvalue weighted by molar-refractivity contribution is -0.145. The number of methoxy groups -OCH3 is 1. The van der Waals surface area contributed by atoms with Crippen molar-refractivity contribution in [1.29, 1.82) is 0 Å². The molecule has 0 saturated carbocycles. The molecule has 0 saturated heterocycles. The Kier molecular flexibility index (Phi) is 7.53. The van der Waals surface area contributed by atoms with Crippen molar-refractivity contribution in [2.24, 2.45) is 5.73 Å². The number of esters is 1. The van der Waals surface area contributed by atoms with Crippen molar-refractivity contribution in [1.82, 2.24) is 10.3 Å². The van der Waals surface area contributed by atoms with Crippen molar-refractivity contribution in [3.63, 3.8) is 0 Å². The molecular weight excluding hydrogens is 473 g/mol. The predicted molar refractivity (Wildman–Crippen MR) is 130 cm³/mol. The van der Waals surface area contributed by atoms with Gasteiger partial charge < -0.3 is 25.7 Å². The zero-order chi connectivity index (χ0) is 25.9. The van der Waals surface area contributed by atoms with Crippen LogP contribution in [0.2, 0.25) is 0 Å². The van der Waals surface area contributed by atoms with Crippen LogP contribution in [0.5, 0.6) is 0 Å². The van der Waals surface area contributed by atoms with E-state index in [9.17, 15) is 22.8 Å². The Labute approximate surface area is 206 Å². The van der Waals surface area contributed by atoms with E-state index in [0.717, 1.165) is 34.3 Å². The minimum atomic E-state index is -4.52. The zero-order valence-electron chi connectivity index (χ0n) is 19.9. The number of ether oxygens (including phenoxy) is 1. The van der Waals surface area contributed by atoms with E-state index in [1.807, 2.05) is 24.3 Å². The largest absolute Gasteiger partial charge is 0.467 e. The highest BCUT2D eigenvalue weighted by molar-refractivity contribution is 5.92. The van der Waals surface area contributed by atoms with Crippen molar-refractivity contribution in [2.45, 2.75) is 50.5 Å². The Balaban J connectivity index is 1.70. The van der Waals surface area contributed by atoms with Crippen LogP contribution in [0.3, 0.4) is 0 Å². The van der Waals surface area contributed by atoms with Crippen LogP contribution in [0.25, 0.3) is 10.9 Å². The lowest BCUT2D eigenvalue weighted by atomic mass is 9.94. The number of amides is 1. The second-order valence-corrected chi connectivity index (χ2v) is 8.89. The second-order valence-electron chi connectivity index (χ2n) is 8.89. The molecule has 2 aromatic carbocycles. The number of alkyl halides is 3. The van der Waals surface area contributed by atoms with Gasteiger partial charge >= 0.3 is 12.1 Å². The molecule has 4 N–H and O–H groups in total. The van der Waals surface area contributed by atoms with Crippen LogP contribution < -0.4 is 16.0 Å². The van der Waals surface area contributed by atoms with Crippen molar-refractivity contribution in [3.8, 4) is 0 Å². The fourth-order valence-electron chi connectivity index (χ4n) is 4.73. The fourth-order valence-corrected chi connectivity index (χ4v) is 4.73. The number of anilines is 1. The molecule has 0 radical (unpaired) electrons. The van der Waals surface area contributed by atoms with Gasteiger partial charge in [-0.2, -0.15) is 13.2 Å². The van der Waals surface area contributed by atoms with Crippen LogP contribution >= 0.6 is 0 Å². The lowest BCUT2D eigenvalue weighted by Gasteiger charge is -2.37. The molecule has 2 unspecified atom stereocenters. The average Bonchev–Trinajstić information content (AvgIpc) is 3.24. The topological polar surface area (TPSA) is 100 Å². The molecule has 4 rings (SSSR count). The molecule has 7 nitrogen and oxygen atoms in total. The van der Waals surface area contributed by atoms with Gasteiger partial charge in [0.05, 0.1) is 19.2 Å². The maximum absolute atomic E-state index is 13.6. The Morgan fingerprint density at radius 1 is 1.19 bits per heavy atom. The van der Waals surface area contributed by atoms with Crippen LogP contribution in [0.15, 0.2) is 48.5 Å². The van der Waals surface area contributed by atoms with Crippen LogP contribution in [0, 0.1) is 0 Å². The summed E-state index contributed by atoms with van der Waals surface area (Å²) in [6.45, 7) is 0.663. The molecule has 1 aliphatic rings. The third-order valence-electron chi connectivity index (χ3n) is 6.56. The van der Waals surface area contributed by atoms with Gasteiger partial charge in [-0.25, -0.2) is 4.79 Å². The molecule has 192 valence electrons. The molecular formula is C26H29F3N4O3. The second kappa shape index (κ2) is 10.6. The summed E-state index contributed by atoms with van der Waals surface area (Å²) in [6.07, 6.45) is -2.61. The Bertz CT molecular complexity index is 1240. The monoisotopic (exact) mass is 502 g/mol. The Morgan fingerprint density at radius 2 is 1.97 bits per heavy atom. The number of aromatic nitrogens is 1. The van der Waals surface area contributed by atoms with E-state index in [0.29, 0.717) is 25.8 Å². The van der Waals surface area contributed by atoms with Crippen LogP contribution in [-0.4, -0.2) is 42.6 Å². The molecule has 2 heterocycles. The molecule has 0 bridgehead atoms. The van der Waals surface area contributed by atoms with E-state index in [2.05, 4.69) is 10.3 Å². The lowest BCUT2D eigenvalue weighted by Crippen LogP contribution is -2.54. The first-order chi connectivity index (χ1) is 17.2. The molecule has 1 aliphatic heterocycles. The van der Waals surface area contributed by atoms with Gasteiger partial charge in [-0.1, -0.05) is 24.3 Å². The number of halogens is 3. The van der Waals surface area contributed by atoms with E-state index < -0.39 is 35.7 Å². The number of carbonyl (C=O) groups excluding carboxylic acids is 2. The highest BCUT2D eigenvalue weighted by Gasteiger charge is 2.37. The van der Waals surface area contributed by atoms with Gasteiger partial charge in [-0.05, 0) is 55.6 Å². The number of nitrogens with one attached hydrogen (secondary N) is 2. The van der Waals surface area contributed by atoms with Gasteiger partial charge in [0.2, 0.25) is 5.91 Å². The minimum Gasteiger partial charge on any atom is -0.467 e. The number of unbranched alkanes of at least 4 members (excludes halogenated alkanes) is 1. The van der Waals surface area contributed by atoms with Gasteiger partial charge in [-0.15, -0.1) is 0 Å². The Morgan fingerprint density at radius 3 is 2.69 bits per heavy atom. The molecule has 2 atom stereocenters. The SMILES string of the molecule is COC(=O)C(CCCCN)NC(=O)C1Cc2c([nH]c3ccccc23)CN1c1cccc(C(F)(F)F)c1. The number of hydrogen-bond acceptors (Lipinski definition) is 5. The summed E-state index contributed by atoms with van der Waals surface area (Å²) in [5.41, 5.74) is 7.69. The highest BCUT2D eigenvalue weighted by atomic mass is 19.4. The number of benzene rings is 2. The number of aromatic amines is 1. The van der Waals surface area contributed by atoms with Crippen molar-refractivity contribution in [2.75, 3.05) is 18.6 Å². The Hall–Kier alpha value is -3.53. The molecule has 0 spiro atoms. The highest BCUT2D eigenvalue weighted by Crippen LogP contribution is 2.36. The first kappa shape index (κ1) is 25.6. The van der Waals surface area contributed by atoms with Gasteiger partial charge in [-0.3, -0.25) is 4.79 Å². The molecule has 10 heteroatoms. The standard InChI is InChI=1S/C26H29F3N4O3/c1-36-25(35)21(11-4-5-12-30)32-24(34)23-14-19-18-9-2-3-10-20(18)31-22(19)15-33(23)17-8-6-7-16(13-17)26(27,28)29/h2-3,6-10,13,21,23,31H,4-5,11-12,14-15,30H2,1H3,(H,32,34). The van der Waals surface area contributed by atoms with Gasteiger partial charge in [0, 0.05) is 28.7 Å². The number of carbonyl (C=O) groups is 2. The summed E-state index contributed by atoms with van der Waals surface area (Å²) in [6, 6.07) is 10.9. The van der Waals surface area contributed by atoms with Gasteiger partial charge in [0.1, 0.15) is 12.1 Å². The van der Waals surface area contributed by atoms with Crippen molar-refractivity contribution >= 4 is 28.5 Å². The van der Waals surface area contributed by atoms with E-state index in [1.165, 1.54) is 13.2 Å². The number of nitrogens with zero attached hydrogens (tertiary/aromatic N) is 1. The summed E-state index contributed by atoms with van der Waals surface area (Å²) < 4.78 is 45.2. The number of nitrogens with two attached hydrogens (primary N) is 1. The first-order valence-electron chi connectivity index (χ1n) is 11.8. The quantitative estimate of drug-likeness (QED) is 0.320. The van der Waals surface area contributed by atoms with Crippen LogP contribution in [0.4, 0.5) is 18.9 Å². The fraction of sp³-hybridized carbons (Fsp3) is 0.385. The number of rotatable bonds is 8. The van der Waals surface area contributed by atoms with E-state index in [1.54, 1.807) is 11.0 Å². The van der Waals surface area contributed by atoms with E-state index in [-0.39, 0.29) is 18.7 Å². The minimum absolute atomic E-state index is 0.208. The third kappa shape index (κ3) is 5.33. The molecule has 0 aliphatic carbocycles. The molecule has 1 aromatic heterocycles. The number of H-pyrrole nitrogens is 1. The smallest absolute Gasteiger partial charge is 0.416 e. The first-order valence-corrected chi connectivity index (χ1v) is 11.8. The summed E-state index contributed by atoms with van der Waals surface area (Å²) in [5.74, 6) is -1.03. The van der Waals surface area contributed by atoms with Crippen LogP contribution in [-0.2, 0) is 33.5 Å². The number of hydrogen-bond donors (Lipinski definition) is 3. The summed E-state index contributed by atoms with van der Waals surface area (Å²) in [4.78, 5) is 30.9. The predicted octanol–water partition coefficient (Wildman–Crippen LogP) is 3.90. The van der Waals surface area contributed by atoms with Gasteiger partial charge in [0.15, 0.2) is 0 Å².